The van der Waals surface area contributed by atoms with E-state index in [0.29, 0.717) is 29.4 Å². The van der Waals surface area contributed by atoms with Crippen molar-refractivity contribution in [1.82, 2.24) is 15.1 Å². The van der Waals surface area contributed by atoms with E-state index < -0.39 is 0 Å². The first kappa shape index (κ1) is 21.8. The number of hydrogen-bond donors (Lipinski definition) is 0. The SMILES string of the molecule is CC1(C)Cc2cccc(OCC(=O)N3CCC[C@@H](c4nnc(-c5ccccc5F)s4)C3)c2O1. The molecule has 0 unspecified atom stereocenters. The third kappa shape index (κ3) is 4.57. The smallest absolute Gasteiger partial charge is 0.260 e. The molecule has 0 aliphatic carbocycles. The summed E-state index contributed by atoms with van der Waals surface area (Å²) in [5.74, 6) is 1.07. The van der Waals surface area contributed by atoms with Crippen molar-refractivity contribution in [1.29, 1.82) is 0 Å². The summed E-state index contributed by atoms with van der Waals surface area (Å²) in [6.45, 7) is 5.30. The van der Waals surface area contributed by atoms with E-state index >= 15 is 0 Å². The number of fused-ring (bicyclic) bond motifs is 1. The van der Waals surface area contributed by atoms with Crippen LogP contribution in [-0.4, -0.2) is 46.3 Å². The number of amides is 1. The number of piperidine rings is 1. The van der Waals surface area contributed by atoms with Crippen LogP contribution in [0, 0.1) is 5.82 Å². The maximum Gasteiger partial charge on any atom is 0.260 e. The van der Waals surface area contributed by atoms with Gasteiger partial charge in [-0.25, -0.2) is 4.39 Å². The highest BCUT2D eigenvalue weighted by Crippen LogP contribution is 2.41. The Bertz CT molecular complexity index is 1180. The van der Waals surface area contributed by atoms with Crippen LogP contribution < -0.4 is 9.47 Å². The Balaban J connectivity index is 1.23. The van der Waals surface area contributed by atoms with E-state index in [9.17, 15) is 9.18 Å². The molecule has 0 bridgehead atoms. The molecule has 0 radical (unpaired) electrons. The number of hydrogen-bond acceptors (Lipinski definition) is 6. The molecule has 8 heteroatoms. The van der Waals surface area contributed by atoms with Gasteiger partial charge in [0.05, 0.1) is 0 Å². The van der Waals surface area contributed by atoms with E-state index in [1.807, 2.05) is 36.9 Å². The van der Waals surface area contributed by atoms with Gasteiger partial charge in [0.2, 0.25) is 0 Å². The zero-order chi connectivity index (χ0) is 23.0. The standard InChI is InChI=1S/C25H26FN3O3S/c1-25(2)13-16-7-5-11-20(22(16)32-25)31-15-21(30)29-12-6-8-17(14-29)23-27-28-24(33-23)18-9-3-4-10-19(18)26/h3-5,7,9-11,17H,6,8,12-15H2,1-2H3/t17-/m1/s1. The lowest BCUT2D eigenvalue weighted by Gasteiger charge is -2.31. The average molecular weight is 468 g/mol. The van der Waals surface area contributed by atoms with E-state index in [1.54, 1.807) is 18.2 Å². The minimum Gasteiger partial charge on any atom is -0.483 e. The Morgan fingerprint density at radius 2 is 2.09 bits per heavy atom. The molecule has 0 spiro atoms. The Morgan fingerprint density at radius 1 is 1.24 bits per heavy atom. The van der Waals surface area contributed by atoms with Crippen LogP contribution in [0.1, 0.15) is 43.2 Å². The predicted molar refractivity (Wildman–Crippen MR) is 124 cm³/mol. The number of benzene rings is 2. The highest BCUT2D eigenvalue weighted by Gasteiger charge is 2.33. The maximum atomic E-state index is 14.1. The molecule has 1 fully saturated rings. The number of nitrogens with zero attached hydrogens (tertiary/aromatic N) is 3. The van der Waals surface area contributed by atoms with Gasteiger partial charge in [0.15, 0.2) is 23.1 Å². The Labute approximate surface area is 196 Å². The van der Waals surface area contributed by atoms with Crippen LogP contribution in [0.5, 0.6) is 11.5 Å². The largest absolute Gasteiger partial charge is 0.483 e. The van der Waals surface area contributed by atoms with Crippen LogP contribution in [0.15, 0.2) is 42.5 Å². The van der Waals surface area contributed by atoms with Crippen molar-refractivity contribution in [3.63, 3.8) is 0 Å². The maximum absolute atomic E-state index is 14.1. The van der Waals surface area contributed by atoms with Gasteiger partial charge in [0.25, 0.3) is 5.91 Å². The summed E-state index contributed by atoms with van der Waals surface area (Å²) in [7, 11) is 0. The van der Waals surface area contributed by atoms with Gasteiger partial charge in [-0.1, -0.05) is 35.6 Å². The minimum absolute atomic E-state index is 0.0381. The Kier molecular flexibility index (Phi) is 5.78. The normalized spacial score (nSPS) is 19.1. The molecule has 6 nitrogen and oxygen atoms in total. The molecule has 172 valence electrons. The van der Waals surface area contributed by atoms with Crippen molar-refractivity contribution >= 4 is 17.2 Å². The summed E-state index contributed by atoms with van der Waals surface area (Å²) >= 11 is 1.40. The van der Waals surface area contributed by atoms with Gasteiger partial charge >= 0.3 is 0 Å². The quantitative estimate of drug-likeness (QED) is 0.537. The number of carbonyl (C=O) groups is 1. The summed E-state index contributed by atoms with van der Waals surface area (Å²) in [5.41, 5.74) is 1.29. The number of halogens is 1. The first-order valence-corrected chi connectivity index (χ1v) is 12.0. The predicted octanol–water partition coefficient (Wildman–Crippen LogP) is 4.84. The van der Waals surface area contributed by atoms with Crippen molar-refractivity contribution < 1.29 is 18.7 Å². The lowest BCUT2D eigenvalue weighted by atomic mass is 9.99. The van der Waals surface area contributed by atoms with Gasteiger partial charge in [-0.05, 0) is 44.9 Å². The third-order valence-electron chi connectivity index (χ3n) is 6.07. The van der Waals surface area contributed by atoms with Crippen LogP contribution in [0.25, 0.3) is 10.6 Å². The number of aromatic nitrogens is 2. The molecule has 0 saturated carbocycles. The Hall–Kier alpha value is -3.00. The van der Waals surface area contributed by atoms with Crippen LogP contribution in [-0.2, 0) is 11.2 Å². The fourth-order valence-electron chi connectivity index (χ4n) is 4.48. The van der Waals surface area contributed by atoms with E-state index in [-0.39, 0.29) is 29.9 Å². The van der Waals surface area contributed by atoms with E-state index in [2.05, 4.69) is 10.2 Å². The molecule has 5 rings (SSSR count). The van der Waals surface area contributed by atoms with Crippen molar-refractivity contribution in [3.8, 4) is 22.1 Å². The second kappa shape index (κ2) is 8.74. The first-order valence-electron chi connectivity index (χ1n) is 11.2. The lowest BCUT2D eigenvalue weighted by Crippen LogP contribution is -2.41. The van der Waals surface area contributed by atoms with Gasteiger partial charge in [-0.3, -0.25) is 4.79 Å². The molecule has 2 aliphatic rings. The number of ether oxygens (including phenoxy) is 2. The zero-order valence-electron chi connectivity index (χ0n) is 18.7. The van der Waals surface area contributed by atoms with Crippen LogP contribution >= 0.6 is 11.3 Å². The molecule has 3 aromatic rings. The van der Waals surface area contributed by atoms with Gasteiger partial charge in [-0.15, -0.1) is 10.2 Å². The minimum atomic E-state index is -0.308. The number of para-hydroxylation sites is 1. The van der Waals surface area contributed by atoms with Crippen molar-refractivity contribution in [2.75, 3.05) is 19.7 Å². The summed E-state index contributed by atoms with van der Waals surface area (Å²) in [6.07, 6.45) is 2.62. The molecule has 1 aromatic heterocycles. The third-order valence-corrected chi connectivity index (χ3v) is 7.19. The molecular weight excluding hydrogens is 441 g/mol. The molecule has 2 aromatic carbocycles. The van der Waals surface area contributed by atoms with Crippen molar-refractivity contribution in [2.45, 2.75) is 44.6 Å². The molecular formula is C25H26FN3O3S. The van der Waals surface area contributed by atoms with Gasteiger partial charge in [0.1, 0.15) is 16.4 Å². The van der Waals surface area contributed by atoms with Crippen LogP contribution in [0.2, 0.25) is 0 Å². The fourth-order valence-corrected chi connectivity index (χ4v) is 5.48. The highest BCUT2D eigenvalue weighted by atomic mass is 32.1. The topological polar surface area (TPSA) is 64.5 Å². The van der Waals surface area contributed by atoms with Crippen LogP contribution in [0.4, 0.5) is 4.39 Å². The molecule has 33 heavy (non-hydrogen) atoms. The molecule has 1 atom stereocenters. The van der Waals surface area contributed by atoms with Gasteiger partial charge < -0.3 is 14.4 Å². The highest BCUT2D eigenvalue weighted by molar-refractivity contribution is 7.14. The summed E-state index contributed by atoms with van der Waals surface area (Å²) in [6, 6.07) is 12.4. The summed E-state index contributed by atoms with van der Waals surface area (Å²) in [5, 5.41) is 9.92. The molecule has 2 aliphatic heterocycles. The van der Waals surface area contributed by atoms with E-state index in [4.69, 9.17) is 9.47 Å². The van der Waals surface area contributed by atoms with Crippen molar-refractivity contribution in [2.24, 2.45) is 0 Å². The average Bonchev–Trinajstić information content (AvgIpc) is 3.41. The Morgan fingerprint density at radius 3 is 2.94 bits per heavy atom. The number of rotatable bonds is 5. The molecule has 1 amide bonds. The van der Waals surface area contributed by atoms with E-state index in [0.717, 1.165) is 35.6 Å². The summed E-state index contributed by atoms with van der Waals surface area (Å²) < 4.78 is 26.0. The first-order chi connectivity index (χ1) is 15.9. The monoisotopic (exact) mass is 467 g/mol. The fraction of sp³-hybridized carbons (Fsp3) is 0.400. The zero-order valence-corrected chi connectivity index (χ0v) is 19.5. The van der Waals surface area contributed by atoms with E-state index in [1.165, 1.54) is 17.4 Å². The van der Waals surface area contributed by atoms with Gasteiger partial charge in [0, 0.05) is 36.6 Å². The second-order valence-corrected chi connectivity index (χ2v) is 10.2. The van der Waals surface area contributed by atoms with Crippen molar-refractivity contribution in [3.05, 3.63) is 58.9 Å². The second-order valence-electron chi connectivity index (χ2n) is 9.18. The summed E-state index contributed by atoms with van der Waals surface area (Å²) in [4.78, 5) is 14.8. The van der Waals surface area contributed by atoms with Crippen LogP contribution in [0.3, 0.4) is 0 Å². The molecule has 3 heterocycles. The number of carbonyl (C=O) groups excluding carboxylic acids is 1. The lowest BCUT2D eigenvalue weighted by molar-refractivity contribution is -0.134. The molecule has 0 N–H and O–H groups in total. The number of likely N-dealkylation sites (tertiary alicyclic amines) is 1. The van der Waals surface area contributed by atoms with Gasteiger partial charge in [-0.2, -0.15) is 0 Å². The molecule has 1 saturated heterocycles.